The standard InChI is InChI=1S/C19H21N3O/c1-4-14-7-8-17-16(10-14)13(2)18(22(17)3)19(23)21-12-15-6-5-9-20-11-15/h5-11H,4,12H2,1-3H3,(H,21,23). The Morgan fingerprint density at radius 2 is 2.09 bits per heavy atom. The predicted molar refractivity (Wildman–Crippen MR) is 92.4 cm³/mol. The Morgan fingerprint density at radius 1 is 1.26 bits per heavy atom. The van der Waals surface area contributed by atoms with Crippen molar-refractivity contribution in [1.82, 2.24) is 14.9 Å². The molecule has 0 fully saturated rings. The molecule has 0 bridgehead atoms. The molecule has 0 saturated heterocycles. The van der Waals surface area contributed by atoms with Crippen molar-refractivity contribution in [2.24, 2.45) is 7.05 Å². The van der Waals surface area contributed by atoms with Crippen LogP contribution in [-0.4, -0.2) is 15.5 Å². The first kappa shape index (κ1) is 15.3. The highest BCUT2D eigenvalue weighted by molar-refractivity contribution is 6.01. The van der Waals surface area contributed by atoms with Crippen molar-refractivity contribution < 1.29 is 4.79 Å². The van der Waals surface area contributed by atoms with E-state index in [4.69, 9.17) is 0 Å². The van der Waals surface area contributed by atoms with E-state index in [1.165, 1.54) is 5.56 Å². The van der Waals surface area contributed by atoms with Gasteiger partial charge in [0.15, 0.2) is 0 Å². The number of benzene rings is 1. The topological polar surface area (TPSA) is 46.9 Å². The Bertz CT molecular complexity index is 850. The highest BCUT2D eigenvalue weighted by Crippen LogP contribution is 2.26. The van der Waals surface area contributed by atoms with Crippen LogP contribution < -0.4 is 5.32 Å². The molecular formula is C19H21N3O. The van der Waals surface area contributed by atoms with Crippen LogP contribution in [0.5, 0.6) is 0 Å². The summed E-state index contributed by atoms with van der Waals surface area (Å²) in [4.78, 5) is 16.7. The van der Waals surface area contributed by atoms with Crippen LogP contribution in [0.25, 0.3) is 10.9 Å². The lowest BCUT2D eigenvalue weighted by atomic mass is 10.1. The van der Waals surface area contributed by atoms with Crippen LogP contribution in [0, 0.1) is 6.92 Å². The number of hydrogen-bond acceptors (Lipinski definition) is 2. The fourth-order valence-electron chi connectivity index (χ4n) is 2.99. The number of aryl methyl sites for hydroxylation is 3. The molecule has 1 amide bonds. The molecule has 118 valence electrons. The first-order chi connectivity index (χ1) is 11.1. The molecule has 0 atom stereocenters. The summed E-state index contributed by atoms with van der Waals surface area (Å²) >= 11 is 0. The average molecular weight is 307 g/mol. The van der Waals surface area contributed by atoms with E-state index in [1.807, 2.05) is 30.7 Å². The van der Waals surface area contributed by atoms with Gasteiger partial charge < -0.3 is 9.88 Å². The molecule has 4 nitrogen and oxygen atoms in total. The minimum atomic E-state index is -0.0527. The number of nitrogens with zero attached hydrogens (tertiary/aromatic N) is 2. The molecule has 1 aromatic carbocycles. The molecule has 0 aliphatic carbocycles. The SMILES string of the molecule is CCc1ccc2c(c1)c(C)c(C(=O)NCc1cccnc1)n2C. The average Bonchev–Trinajstić information content (AvgIpc) is 2.84. The summed E-state index contributed by atoms with van der Waals surface area (Å²) in [6.45, 7) is 4.63. The molecule has 0 spiro atoms. The van der Waals surface area contributed by atoms with E-state index in [-0.39, 0.29) is 5.91 Å². The second-order valence-corrected chi connectivity index (χ2v) is 5.78. The summed E-state index contributed by atoms with van der Waals surface area (Å²) in [7, 11) is 1.94. The molecule has 0 saturated carbocycles. The van der Waals surface area contributed by atoms with Crippen molar-refractivity contribution in [2.75, 3.05) is 0 Å². The number of hydrogen-bond donors (Lipinski definition) is 1. The number of rotatable bonds is 4. The summed E-state index contributed by atoms with van der Waals surface area (Å²) in [5.74, 6) is -0.0527. The van der Waals surface area contributed by atoms with E-state index in [0.29, 0.717) is 6.54 Å². The van der Waals surface area contributed by atoms with Gasteiger partial charge >= 0.3 is 0 Å². The summed E-state index contributed by atoms with van der Waals surface area (Å²) in [5, 5.41) is 4.14. The summed E-state index contributed by atoms with van der Waals surface area (Å²) in [6.07, 6.45) is 4.49. The zero-order valence-electron chi connectivity index (χ0n) is 13.8. The fraction of sp³-hybridized carbons (Fsp3) is 0.263. The first-order valence-corrected chi connectivity index (χ1v) is 7.86. The first-order valence-electron chi connectivity index (χ1n) is 7.86. The molecule has 2 aromatic heterocycles. The normalized spacial score (nSPS) is 10.9. The third-order valence-electron chi connectivity index (χ3n) is 4.32. The Hall–Kier alpha value is -2.62. The lowest BCUT2D eigenvalue weighted by molar-refractivity contribution is 0.0942. The third-order valence-corrected chi connectivity index (χ3v) is 4.32. The maximum Gasteiger partial charge on any atom is 0.268 e. The summed E-state index contributed by atoms with van der Waals surface area (Å²) in [6, 6.07) is 10.2. The second-order valence-electron chi connectivity index (χ2n) is 5.78. The van der Waals surface area contributed by atoms with Crippen LogP contribution >= 0.6 is 0 Å². The molecule has 0 aliphatic rings. The van der Waals surface area contributed by atoms with Gasteiger partial charge in [0.2, 0.25) is 0 Å². The van der Waals surface area contributed by atoms with Crippen LogP contribution in [0.3, 0.4) is 0 Å². The third kappa shape index (κ3) is 2.84. The van der Waals surface area contributed by atoms with Crippen LogP contribution in [0.4, 0.5) is 0 Å². The molecule has 23 heavy (non-hydrogen) atoms. The van der Waals surface area contributed by atoms with Gasteiger partial charge in [-0.15, -0.1) is 0 Å². The summed E-state index contributed by atoms with van der Waals surface area (Å²) < 4.78 is 1.97. The van der Waals surface area contributed by atoms with Gasteiger partial charge in [-0.3, -0.25) is 9.78 Å². The van der Waals surface area contributed by atoms with E-state index < -0.39 is 0 Å². The molecular weight excluding hydrogens is 286 g/mol. The lowest BCUT2D eigenvalue weighted by Crippen LogP contribution is -2.25. The molecule has 1 N–H and O–H groups in total. The van der Waals surface area contributed by atoms with Gasteiger partial charge in [-0.1, -0.05) is 19.1 Å². The van der Waals surface area contributed by atoms with Crippen LogP contribution in [0.15, 0.2) is 42.7 Å². The Labute approximate surface area is 136 Å². The highest BCUT2D eigenvalue weighted by atomic mass is 16.1. The minimum Gasteiger partial charge on any atom is -0.347 e. The predicted octanol–water partition coefficient (Wildman–Crippen LogP) is 3.37. The smallest absolute Gasteiger partial charge is 0.268 e. The molecule has 0 radical (unpaired) electrons. The van der Waals surface area contributed by atoms with Gasteiger partial charge in [0.1, 0.15) is 5.69 Å². The van der Waals surface area contributed by atoms with E-state index in [9.17, 15) is 4.79 Å². The van der Waals surface area contributed by atoms with Crippen molar-refractivity contribution in [3.05, 3.63) is 65.1 Å². The van der Waals surface area contributed by atoms with E-state index in [2.05, 4.69) is 35.4 Å². The maximum absolute atomic E-state index is 12.6. The van der Waals surface area contributed by atoms with E-state index in [1.54, 1.807) is 12.4 Å². The number of carbonyl (C=O) groups excluding carboxylic acids is 1. The Kier molecular flexibility index (Phi) is 4.15. The Balaban J connectivity index is 1.91. The van der Waals surface area contributed by atoms with Crippen molar-refractivity contribution >= 4 is 16.8 Å². The highest BCUT2D eigenvalue weighted by Gasteiger charge is 2.18. The second kappa shape index (κ2) is 6.24. The fourth-order valence-corrected chi connectivity index (χ4v) is 2.99. The van der Waals surface area contributed by atoms with Crippen LogP contribution in [-0.2, 0) is 20.0 Å². The van der Waals surface area contributed by atoms with Gasteiger partial charge in [0.25, 0.3) is 5.91 Å². The molecule has 4 heteroatoms. The molecule has 0 aliphatic heterocycles. The number of fused-ring (bicyclic) bond motifs is 1. The van der Waals surface area contributed by atoms with Crippen LogP contribution in [0.1, 0.15) is 34.1 Å². The molecule has 0 unspecified atom stereocenters. The van der Waals surface area contributed by atoms with Gasteiger partial charge in [0, 0.05) is 36.9 Å². The van der Waals surface area contributed by atoms with E-state index in [0.717, 1.165) is 34.1 Å². The van der Waals surface area contributed by atoms with Gasteiger partial charge in [0.05, 0.1) is 0 Å². The van der Waals surface area contributed by atoms with Gasteiger partial charge in [-0.2, -0.15) is 0 Å². The lowest BCUT2D eigenvalue weighted by Gasteiger charge is -2.07. The quantitative estimate of drug-likeness (QED) is 0.803. The van der Waals surface area contributed by atoms with Crippen molar-refractivity contribution in [3.8, 4) is 0 Å². The van der Waals surface area contributed by atoms with Gasteiger partial charge in [-0.05, 0) is 48.2 Å². The van der Waals surface area contributed by atoms with Gasteiger partial charge in [-0.25, -0.2) is 0 Å². The number of amides is 1. The number of aromatic nitrogens is 2. The zero-order valence-corrected chi connectivity index (χ0v) is 13.8. The largest absolute Gasteiger partial charge is 0.347 e. The van der Waals surface area contributed by atoms with Crippen molar-refractivity contribution in [3.63, 3.8) is 0 Å². The van der Waals surface area contributed by atoms with E-state index >= 15 is 0 Å². The zero-order chi connectivity index (χ0) is 16.4. The maximum atomic E-state index is 12.6. The molecule has 2 heterocycles. The minimum absolute atomic E-state index is 0.0527. The van der Waals surface area contributed by atoms with Crippen molar-refractivity contribution in [2.45, 2.75) is 26.8 Å². The Morgan fingerprint density at radius 3 is 2.78 bits per heavy atom. The number of pyridine rings is 1. The summed E-state index contributed by atoms with van der Waals surface area (Å²) in [5.41, 5.74) is 5.11. The number of carbonyl (C=O) groups is 1. The molecule has 3 rings (SSSR count). The monoisotopic (exact) mass is 307 g/mol. The van der Waals surface area contributed by atoms with Crippen LogP contribution in [0.2, 0.25) is 0 Å². The molecule has 3 aromatic rings. The van der Waals surface area contributed by atoms with Crippen molar-refractivity contribution in [1.29, 1.82) is 0 Å². The number of nitrogens with one attached hydrogen (secondary N) is 1.